The van der Waals surface area contributed by atoms with Gasteiger partial charge in [-0.1, -0.05) is 71.1 Å². The zero-order chi connectivity index (χ0) is 39.0. The van der Waals surface area contributed by atoms with E-state index in [1.807, 2.05) is 0 Å². The van der Waals surface area contributed by atoms with Crippen LogP contribution in [0, 0.1) is 17.7 Å². The van der Waals surface area contributed by atoms with Crippen LogP contribution in [0.2, 0.25) is 41.3 Å². The summed E-state index contributed by atoms with van der Waals surface area (Å²) in [5, 5.41) is 2.72. The van der Waals surface area contributed by atoms with Crippen molar-refractivity contribution >= 4 is 55.5 Å². The van der Waals surface area contributed by atoms with Crippen LogP contribution in [0.1, 0.15) is 86.2 Å². The molecule has 0 aliphatic heterocycles. The summed E-state index contributed by atoms with van der Waals surface area (Å²) >= 11 is 5.82. The third-order valence-corrected chi connectivity index (χ3v) is 21.4. The van der Waals surface area contributed by atoms with Crippen molar-refractivity contribution in [1.29, 1.82) is 0 Å². The van der Waals surface area contributed by atoms with E-state index in [0.717, 1.165) is 6.07 Å². The Labute approximate surface area is 317 Å². The first-order chi connectivity index (χ1) is 24.0. The van der Waals surface area contributed by atoms with Gasteiger partial charge in [0, 0.05) is 59.5 Å². The fourth-order valence-electron chi connectivity index (χ4n) is 4.34. The Morgan fingerprint density at radius 3 is 1.98 bits per heavy atom. The number of rotatable bonds is 13. The summed E-state index contributed by atoms with van der Waals surface area (Å²) in [6.07, 6.45) is 3.97. The third-order valence-electron chi connectivity index (χ3n) is 9.64. The number of halogens is 2. The Morgan fingerprint density at radius 2 is 1.42 bits per heavy atom. The average molecular weight is 787 g/mol. The van der Waals surface area contributed by atoms with Gasteiger partial charge in [0.2, 0.25) is 0 Å². The molecule has 282 valence electrons. The van der Waals surface area contributed by atoms with Crippen molar-refractivity contribution in [2.75, 3.05) is 30.0 Å². The summed E-state index contributed by atoms with van der Waals surface area (Å²) in [5.41, 5.74) is 1.95. The first-order valence-corrected chi connectivity index (χ1v) is 25.5. The lowest BCUT2D eigenvalue weighted by Crippen LogP contribution is -2.41. The van der Waals surface area contributed by atoms with Crippen LogP contribution in [0.3, 0.4) is 0 Å². The number of benzene rings is 2. The lowest BCUT2D eigenvalue weighted by molar-refractivity contribution is 0.100. The van der Waals surface area contributed by atoms with Gasteiger partial charge in [0.25, 0.3) is 11.8 Å². The number of carbonyl (C=O) groups excluding carboxylic acids is 2. The van der Waals surface area contributed by atoms with E-state index in [1.165, 1.54) is 24.5 Å². The molecular formula is C39H53ClFN3O5SSi2. The molecule has 1 aromatic heterocycles. The van der Waals surface area contributed by atoms with E-state index >= 15 is 0 Å². The second kappa shape index (κ2) is 17.8. The minimum absolute atomic E-state index is 0.0515. The van der Waals surface area contributed by atoms with Gasteiger partial charge in [0.15, 0.2) is 16.6 Å². The standard InChI is InChI=1S/C39H53ClFN3O5SSi2/c1-38(2,3)51(7,8)48-20-12-22-50(47,23-13-21-49-52(9,10)39(4,5)6)44-37(46)32-24-30(27-42-28-32)17-16-29-14-11-15-33(25-29)43-36(45)31-18-19-35(41)34(40)26-31/h11,14-15,18-19,24-28H,12-13,20-23H2,1-10H3,(H,43,45). The maximum Gasteiger partial charge on any atom is 0.286 e. The van der Waals surface area contributed by atoms with E-state index in [0.29, 0.717) is 42.9 Å². The number of pyridine rings is 1. The summed E-state index contributed by atoms with van der Waals surface area (Å²) in [6.45, 7) is 22.7. The summed E-state index contributed by atoms with van der Waals surface area (Å²) in [7, 11) is -6.90. The maximum atomic E-state index is 14.3. The number of nitrogens with one attached hydrogen (secondary N) is 1. The van der Waals surface area contributed by atoms with Gasteiger partial charge in [-0.3, -0.25) is 14.6 Å². The molecule has 3 aromatic rings. The van der Waals surface area contributed by atoms with E-state index in [-0.39, 0.29) is 37.7 Å². The summed E-state index contributed by atoms with van der Waals surface area (Å²) in [5.74, 6) is 4.84. The smallest absolute Gasteiger partial charge is 0.286 e. The van der Waals surface area contributed by atoms with E-state index in [2.05, 4.69) is 94.2 Å². The lowest BCUT2D eigenvalue weighted by Gasteiger charge is -2.36. The molecule has 52 heavy (non-hydrogen) atoms. The number of aromatic nitrogens is 1. The van der Waals surface area contributed by atoms with Crippen molar-refractivity contribution in [3.8, 4) is 11.8 Å². The van der Waals surface area contributed by atoms with Crippen molar-refractivity contribution in [2.45, 2.75) is 90.6 Å². The molecule has 3 rings (SSSR count). The van der Waals surface area contributed by atoms with Gasteiger partial charge in [0.05, 0.1) is 20.3 Å². The normalized spacial score (nSPS) is 12.5. The Morgan fingerprint density at radius 1 is 0.846 bits per heavy atom. The minimum Gasteiger partial charge on any atom is -0.417 e. The van der Waals surface area contributed by atoms with Crippen LogP contribution in [0.4, 0.5) is 10.1 Å². The van der Waals surface area contributed by atoms with Crippen molar-refractivity contribution in [1.82, 2.24) is 4.98 Å². The second-order valence-corrected chi connectivity index (χ2v) is 28.4. The fraction of sp³-hybridized carbons (Fsp3) is 0.462. The van der Waals surface area contributed by atoms with Crippen LogP contribution in [0.15, 0.2) is 65.3 Å². The molecule has 2 aromatic carbocycles. The molecule has 0 spiro atoms. The fourth-order valence-corrected chi connectivity index (χ4v) is 8.63. The van der Waals surface area contributed by atoms with Gasteiger partial charge >= 0.3 is 0 Å². The molecule has 1 N–H and O–H groups in total. The molecule has 0 fully saturated rings. The summed E-state index contributed by atoms with van der Waals surface area (Å²) in [6, 6.07) is 12.2. The van der Waals surface area contributed by atoms with Gasteiger partial charge in [0.1, 0.15) is 5.82 Å². The van der Waals surface area contributed by atoms with Crippen LogP contribution >= 0.6 is 11.6 Å². The molecule has 0 atom stereocenters. The molecular weight excluding hydrogens is 733 g/mol. The monoisotopic (exact) mass is 785 g/mol. The van der Waals surface area contributed by atoms with Crippen LogP contribution < -0.4 is 5.32 Å². The first-order valence-electron chi connectivity index (χ1n) is 17.4. The van der Waals surface area contributed by atoms with Gasteiger partial charge in [-0.2, -0.15) is 4.36 Å². The number of amides is 2. The van der Waals surface area contributed by atoms with Crippen LogP contribution in [-0.4, -0.2) is 62.4 Å². The highest BCUT2D eigenvalue weighted by Crippen LogP contribution is 2.37. The Kier molecular flexibility index (Phi) is 14.8. The SMILES string of the molecule is CC(C)(C)[Si](C)(C)OCCCS(=O)(CCCO[Si](C)(C)C(C)(C)C)=NC(=O)c1cncc(C#Cc2cccc(NC(=O)c3ccc(F)c(Cl)c3)c2)c1. The van der Waals surface area contributed by atoms with E-state index in [9.17, 15) is 18.2 Å². The molecule has 0 radical (unpaired) electrons. The zero-order valence-corrected chi connectivity index (χ0v) is 35.7. The second-order valence-electron chi connectivity index (χ2n) is 15.9. The molecule has 0 unspecified atom stereocenters. The zero-order valence-electron chi connectivity index (χ0n) is 32.1. The summed E-state index contributed by atoms with van der Waals surface area (Å²) in [4.78, 5) is 30.3. The molecule has 0 aliphatic rings. The molecule has 0 bridgehead atoms. The van der Waals surface area contributed by atoms with E-state index < -0.39 is 44.0 Å². The molecule has 1 heterocycles. The minimum atomic E-state index is -2.93. The molecule has 2 amide bonds. The number of carbonyl (C=O) groups is 2. The molecule has 8 nitrogen and oxygen atoms in total. The number of anilines is 1. The lowest BCUT2D eigenvalue weighted by atomic mass is 10.1. The van der Waals surface area contributed by atoms with E-state index in [4.69, 9.17) is 20.5 Å². The summed E-state index contributed by atoms with van der Waals surface area (Å²) < 4.78 is 44.8. The Balaban J connectivity index is 1.78. The van der Waals surface area contributed by atoms with Crippen molar-refractivity contribution < 1.29 is 27.0 Å². The quantitative estimate of drug-likeness (QED) is 0.105. The predicted molar refractivity (Wildman–Crippen MR) is 216 cm³/mol. The average Bonchev–Trinajstić information content (AvgIpc) is 3.05. The predicted octanol–water partition coefficient (Wildman–Crippen LogP) is 9.96. The van der Waals surface area contributed by atoms with Gasteiger partial charge in [-0.25, -0.2) is 8.60 Å². The number of hydrogen-bond donors (Lipinski definition) is 1. The Hall–Kier alpha value is -3.19. The molecule has 0 saturated heterocycles. The van der Waals surface area contributed by atoms with Crippen LogP contribution in [0.25, 0.3) is 0 Å². The van der Waals surface area contributed by atoms with Gasteiger partial charge < -0.3 is 14.2 Å². The first kappa shape index (κ1) is 43.2. The highest BCUT2D eigenvalue weighted by Gasteiger charge is 2.38. The topological polar surface area (TPSA) is 107 Å². The number of nitrogens with zero attached hydrogens (tertiary/aromatic N) is 2. The van der Waals surface area contributed by atoms with Crippen molar-refractivity contribution in [2.24, 2.45) is 4.36 Å². The van der Waals surface area contributed by atoms with Crippen molar-refractivity contribution in [3.63, 3.8) is 0 Å². The van der Waals surface area contributed by atoms with Crippen LogP contribution in [0.5, 0.6) is 0 Å². The molecule has 13 heteroatoms. The van der Waals surface area contributed by atoms with Gasteiger partial charge in [-0.15, -0.1) is 0 Å². The molecule has 0 saturated carbocycles. The highest BCUT2D eigenvalue weighted by atomic mass is 35.5. The third kappa shape index (κ3) is 12.7. The van der Waals surface area contributed by atoms with Crippen molar-refractivity contribution in [3.05, 3.63) is 94.0 Å². The molecule has 0 aliphatic carbocycles. The highest BCUT2D eigenvalue weighted by molar-refractivity contribution is 7.93. The van der Waals surface area contributed by atoms with Gasteiger partial charge in [-0.05, 0) is 91.6 Å². The Bertz CT molecular complexity index is 1900. The van der Waals surface area contributed by atoms with Crippen LogP contribution in [-0.2, 0) is 18.6 Å². The van der Waals surface area contributed by atoms with E-state index in [1.54, 1.807) is 30.3 Å². The number of hydrogen-bond acceptors (Lipinski definition) is 6. The largest absolute Gasteiger partial charge is 0.417 e. The maximum absolute atomic E-state index is 14.3.